The molecule has 5 heteroatoms. The van der Waals surface area contributed by atoms with Gasteiger partial charge in [0.05, 0.1) is 11.4 Å². The fourth-order valence-corrected chi connectivity index (χ4v) is 2.83. The van der Waals surface area contributed by atoms with Gasteiger partial charge in [0.25, 0.3) is 0 Å². The third-order valence-corrected chi connectivity index (χ3v) is 3.84. The highest BCUT2D eigenvalue weighted by atomic mass is 16.2. The summed E-state index contributed by atoms with van der Waals surface area (Å²) in [6.07, 6.45) is 4.01. The zero-order valence-electron chi connectivity index (χ0n) is 13.6. The third-order valence-electron chi connectivity index (χ3n) is 3.84. The monoisotopic (exact) mass is 308 g/mol. The lowest BCUT2D eigenvalue weighted by Crippen LogP contribution is -2.22. The van der Waals surface area contributed by atoms with Crippen LogP contribution in [0.5, 0.6) is 0 Å². The molecule has 0 atom stereocenters. The number of aromatic nitrogens is 4. The van der Waals surface area contributed by atoms with Crippen molar-refractivity contribution in [2.75, 3.05) is 0 Å². The Kier molecular flexibility index (Phi) is 4.10. The van der Waals surface area contributed by atoms with Crippen LogP contribution in [0.1, 0.15) is 37.9 Å². The van der Waals surface area contributed by atoms with Crippen molar-refractivity contribution in [3.05, 3.63) is 60.0 Å². The van der Waals surface area contributed by atoms with Crippen LogP contribution in [0.15, 0.2) is 48.8 Å². The molecule has 118 valence electrons. The molecule has 0 bridgehead atoms. The molecular formula is C18H20N4O. The minimum absolute atomic E-state index is 0.268. The number of nitrogens with zero attached hydrogens (tertiary/aromatic N) is 4. The second-order valence-electron chi connectivity index (χ2n) is 5.73. The van der Waals surface area contributed by atoms with Gasteiger partial charge in [0.1, 0.15) is 0 Å². The SMILES string of the molecule is CCc1nn(C(=O)n2cccn2)c(-c2ccccc2)c1C(C)C. The van der Waals surface area contributed by atoms with E-state index >= 15 is 0 Å². The molecule has 0 aliphatic heterocycles. The van der Waals surface area contributed by atoms with Gasteiger partial charge in [-0.05, 0) is 18.4 Å². The fourth-order valence-electron chi connectivity index (χ4n) is 2.83. The third kappa shape index (κ3) is 2.70. The molecule has 0 unspecified atom stereocenters. The molecule has 0 spiro atoms. The maximum absolute atomic E-state index is 12.8. The average molecular weight is 308 g/mol. The fraction of sp³-hybridized carbons (Fsp3) is 0.278. The van der Waals surface area contributed by atoms with E-state index in [1.807, 2.05) is 30.3 Å². The van der Waals surface area contributed by atoms with Crippen LogP contribution >= 0.6 is 0 Å². The van der Waals surface area contributed by atoms with Crippen LogP contribution in [0.2, 0.25) is 0 Å². The summed E-state index contributed by atoms with van der Waals surface area (Å²) in [7, 11) is 0. The molecule has 0 N–H and O–H groups in total. The van der Waals surface area contributed by atoms with Crippen molar-refractivity contribution in [1.29, 1.82) is 0 Å². The van der Waals surface area contributed by atoms with Crippen molar-refractivity contribution in [2.45, 2.75) is 33.1 Å². The molecule has 0 saturated heterocycles. The number of hydrogen-bond acceptors (Lipinski definition) is 3. The van der Waals surface area contributed by atoms with Crippen molar-refractivity contribution in [3.8, 4) is 11.3 Å². The van der Waals surface area contributed by atoms with Crippen LogP contribution in [-0.4, -0.2) is 25.6 Å². The second-order valence-corrected chi connectivity index (χ2v) is 5.73. The van der Waals surface area contributed by atoms with Gasteiger partial charge in [0.15, 0.2) is 0 Å². The lowest BCUT2D eigenvalue weighted by Gasteiger charge is -2.11. The first-order valence-electron chi connectivity index (χ1n) is 7.85. The van der Waals surface area contributed by atoms with E-state index in [4.69, 9.17) is 0 Å². The quantitative estimate of drug-likeness (QED) is 0.736. The number of carbonyl (C=O) groups is 1. The maximum Gasteiger partial charge on any atom is 0.369 e. The maximum atomic E-state index is 12.8. The summed E-state index contributed by atoms with van der Waals surface area (Å²) in [6, 6.07) is 11.4. The Morgan fingerprint density at radius 1 is 1.17 bits per heavy atom. The number of benzene rings is 1. The van der Waals surface area contributed by atoms with Crippen LogP contribution in [0, 0.1) is 0 Å². The Hall–Kier alpha value is -2.69. The lowest BCUT2D eigenvalue weighted by atomic mass is 9.95. The molecule has 3 aromatic rings. The molecule has 0 amide bonds. The van der Waals surface area contributed by atoms with E-state index in [0.29, 0.717) is 0 Å². The highest BCUT2D eigenvalue weighted by Gasteiger charge is 2.24. The van der Waals surface area contributed by atoms with E-state index in [9.17, 15) is 4.79 Å². The van der Waals surface area contributed by atoms with Gasteiger partial charge in [-0.15, -0.1) is 0 Å². The summed E-state index contributed by atoms with van der Waals surface area (Å²) in [5.74, 6) is 0.277. The van der Waals surface area contributed by atoms with E-state index in [1.165, 1.54) is 9.36 Å². The minimum atomic E-state index is -0.268. The second kappa shape index (κ2) is 6.20. The predicted octanol–water partition coefficient (Wildman–Crippen LogP) is 3.95. The Labute approximate surface area is 135 Å². The molecule has 0 aliphatic rings. The molecule has 23 heavy (non-hydrogen) atoms. The molecular weight excluding hydrogens is 288 g/mol. The van der Waals surface area contributed by atoms with Crippen LogP contribution in [0.3, 0.4) is 0 Å². The van der Waals surface area contributed by atoms with Gasteiger partial charge in [-0.1, -0.05) is 51.1 Å². The van der Waals surface area contributed by atoms with Crippen molar-refractivity contribution < 1.29 is 4.79 Å². The van der Waals surface area contributed by atoms with E-state index in [0.717, 1.165) is 28.9 Å². The van der Waals surface area contributed by atoms with Gasteiger partial charge in [0, 0.05) is 23.5 Å². The Morgan fingerprint density at radius 2 is 1.91 bits per heavy atom. The summed E-state index contributed by atoms with van der Waals surface area (Å²) >= 11 is 0. The number of rotatable bonds is 3. The summed E-state index contributed by atoms with van der Waals surface area (Å²) in [4.78, 5) is 12.8. The normalized spacial score (nSPS) is 11.1. The van der Waals surface area contributed by atoms with Crippen molar-refractivity contribution in [1.82, 2.24) is 19.6 Å². The molecule has 2 aromatic heterocycles. The minimum Gasteiger partial charge on any atom is -0.244 e. The number of carbonyl (C=O) groups excluding carboxylic acids is 1. The molecule has 2 heterocycles. The highest BCUT2D eigenvalue weighted by molar-refractivity contribution is 5.84. The zero-order valence-corrected chi connectivity index (χ0v) is 13.6. The first kappa shape index (κ1) is 15.2. The van der Waals surface area contributed by atoms with Crippen molar-refractivity contribution in [2.24, 2.45) is 0 Å². The van der Waals surface area contributed by atoms with E-state index in [-0.39, 0.29) is 11.9 Å². The van der Waals surface area contributed by atoms with Gasteiger partial charge in [-0.2, -0.15) is 19.6 Å². The first-order valence-corrected chi connectivity index (χ1v) is 7.85. The van der Waals surface area contributed by atoms with Crippen molar-refractivity contribution in [3.63, 3.8) is 0 Å². The van der Waals surface area contributed by atoms with Gasteiger partial charge in [-0.25, -0.2) is 4.79 Å². The topological polar surface area (TPSA) is 52.7 Å². The molecule has 0 radical (unpaired) electrons. The van der Waals surface area contributed by atoms with Gasteiger partial charge >= 0.3 is 6.03 Å². The Morgan fingerprint density at radius 3 is 2.48 bits per heavy atom. The predicted molar refractivity (Wildman–Crippen MR) is 89.5 cm³/mol. The summed E-state index contributed by atoms with van der Waals surface area (Å²) in [6.45, 7) is 6.32. The van der Waals surface area contributed by atoms with Gasteiger partial charge in [-0.3, -0.25) is 0 Å². The van der Waals surface area contributed by atoms with Crippen LogP contribution in [-0.2, 0) is 6.42 Å². The first-order chi connectivity index (χ1) is 11.1. The van der Waals surface area contributed by atoms with E-state index in [1.54, 1.807) is 18.5 Å². The molecule has 3 rings (SSSR count). The standard InChI is InChI=1S/C18H20N4O/c1-4-15-16(13(2)3)17(14-9-6-5-7-10-14)22(20-15)18(23)21-12-8-11-19-21/h5-13H,4H2,1-3H3. The highest BCUT2D eigenvalue weighted by Crippen LogP contribution is 2.32. The summed E-state index contributed by atoms with van der Waals surface area (Å²) < 4.78 is 2.79. The average Bonchev–Trinajstić information content (AvgIpc) is 3.22. The summed E-state index contributed by atoms with van der Waals surface area (Å²) in [5.41, 5.74) is 3.93. The Balaban J connectivity index is 2.25. The molecule has 0 aliphatic carbocycles. The molecule has 1 aromatic carbocycles. The van der Waals surface area contributed by atoms with E-state index < -0.39 is 0 Å². The van der Waals surface area contributed by atoms with Crippen LogP contribution in [0.25, 0.3) is 11.3 Å². The van der Waals surface area contributed by atoms with E-state index in [2.05, 4.69) is 31.0 Å². The lowest BCUT2D eigenvalue weighted by molar-refractivity contribution is 0.238. The number of hydrogen-bond donors (Lipinski definition) is 0. The molecule has 0 saturated carbocycles. The molecule has 5 nitrogen and oxygen atoms in total. The Bertz CT molecular complexity index is 801. The van der Waals surface area contributed by atoms with Crippen LogP contribution in [0.4, 0.5) is 4.79 Å². The largest absolute Gasteiger partial charge is 0.369 e. The van der Waals surface area contributed by atoms with Crippen molar-refractivity contribution >= 4 is 6.03 Å². The van der Waals surface area contributed by atoms with Gasteiger partial charge < -0.3 is 0 Å². The number of aryl methyl sites for hydroxylation is 1. The zero-order chi connectivity index (χ0) is 16.4. The molecule has 0 fully saturated rings. The summed E-state index contributed by atoms with van der Waals surface area (Å²) in [5, 5.41) is 8.63. The smallest absolute Gasteiger partial charge is 0.244 e. The van der Waals surface area contributed by atoms with Crippen LogP contribution < -0.4 is 0 Å². The van der Waals surface area contributed by atoms with Gasteiger partial charge in [0.2, 0.25) is 0 Å².